The monoisotopic (exact) mass is 417 g/mol. The summed E-state index contributed by atoms with van der Waals surface area (Å²) < 4.78 is 5.42. The van der Waals surface area contributed by atoms with Crippen molar-refractivity contribution in [1.29, 1.82) is 0 Å². The van der Waals surface area contributed by atoms with Crippen LogP contribution < -0.4 is 10.6 Å². The van der Waals surface area contributed by atoms with Crippen LogP contribution in [0.1, 0.15) is 31.9 Å². The quantitative estimate of drug-likeness (QED) is 0.597. The minimum absolute atomic E-state index is 0.299. The lowest BCUT2D eigenvalue weighted by molar-refractivity contribution is 0.303. The first kappa shape index (κ1) is 21.1. The van der Waals surface area contributed by atoms with Crippen molar-refractivity contribution in [3.8, 4) is 0 Å². The minimum Gasteiger partial charge on any atom is -0.497 e. The van der Waals surface area contributed by atoms with Crippen LogP contribution in [0.4, 0.5) is 5.69 Å². The number of para-hydroxylation sites is 1. The molecule has 0 radical (unpaired) electrons. The van der Waals surface area contributed by atoms with E-state index < -0.39 is 0 Å². The molecule has 0 saturated carbocycles. The maximum atomic E-state index is 6.12. The molecule has 0 bridgehead atoms. The molecular weight excluding hydrogens is 386 g/mol. The summed E-state index contributed by atoms with van der Waals surface area (Å²) in [5.41, 5.74) is 10.2. The van der Waals surface area contributed by atoms with Gasteiger partial charge >= 0.3 is 0 Å². The highest BCUT2D eigenvalue weighted by Gasteiger charge is 2.21. The van der Waals surface area contributed by atoms with E-state index in [1.165, 1.54) is 5.69 Å². The molecule has 31 heavy (non-hydrogen) atoms. The SMILES string of the molecule is CCC=C1C=C(OC)C=CN1C(=NC)c1ccc2cccc(N3CCC(N)CC3)c2n1. The lowest BCUT2D eigenvalue weighted by Crippen LogP contribution is -2.39. The van der Waals surface area contributed by atoms with Gasteiger partial charge in [-0.1, -0.05) is 31.2 Å². The van der Waals surface area contributed by atoms with Crippen molar-refractivity contribution in [2.24, 2.45) is 10.7 Å². The van der Waals surface area contributed by atoms with E-state index in [0.29, 0.717) is 6.04 Å². The Balaban J connectivity index is 1.73. The van der Waals surface area contributed by atoms with E-state index >= 15 is 0 Å². The molecule has 2 aromatic rings. The second kappa shape index (κ2) is 9.35. The van der Waals surface area contributed by atoms with Crippen LogP contribution in [-0.4, -0.2) is 49.0 Å². The van der Waals surface area contributed by atoms with Crippen LogP contribution in [0.3, 0.4) is 0 Å². The van der Waals surface area contributed by atoms with Crippen LogP contribution >= 0.6 is 0 Å². The van der Waals surface area contributed by atoms with Crippen molar-refractivity contribution in [3.05, 3.63) is 71.9 Å². The third-order valence-corrected chi connectivity index (χ3v) is 5.85. The number of allylic oxidation sites excluding steroid dienone is 3. The van der Waals surface area contributed by atoms with Gasteiger partial charge in [-0.25, -0.2) is 4.98 Å². The Labute approximate surface area is 184 Å². The standard InChI is InChI=1S/C25H31N5O/c1-4-6-20-17-21(31-3)13-16-30(20)25(27-2)22-10-9-18-7-5-8-23(24(18)28-22)29-14-11-19(26)12-15-29/h5-10,13,16-17,19H,4,11-12,14-15,26H2,1-3H3. The average Bonchev–Trinajstić information content (AvgIpc) is 2.80. The molecule has 4 rings (SSSR count). The molecule has 1 fully saturated rings. The van der Waals surface area contributed by atoms with Crippen LogP contribution in [0, 0.1) is 0 Å². The zero-order valence-electron chi connectivity index (χ0n) is 18.6. The Bertz CT molecular complexity index is 1060. The summed E-state index contributed by atoms with van der Waals surface area (Å²) >= 11 is 0. The van der Waals surface area contributed by atoms with Gasteiger partial charge in [0, 0.05) is 49.5 Å². The van der Waals surface area contributed by atoms with E-state index in [2.05, 4.69) is 52.1 Å². The Morgan fingerprint density at radius 3 is 2.77 bits per heavy atom. The van der Waals surface area contributed by atoms with Gasteiger partial charge in [-0.05, 0) is 37.5 Å². The number of amidine groups is 1. The average molecular weight is 418 g/mol. The summed E-state index contributed by atoms with van der Waals surface area (Å²) in [6.07, 6.45) is 11.1. The predicted octanol–water partition coefficient (Wildman–Crippen LogP) is 4.19. The van der Waals surface area contributed by atoms with E-state index in [0.717, 1.165) is 66.2 Å². The van der Waals surface area contributed by atoms with Crippen molar-refractivity contribution in [1.82, 2.24) is 9.88 Å². The smallest absolute Gasteiger partial charge is 0.158 e. The Hall–Kier alpha value is -3.12. The van der Waals surface area contributed by atoms with Gasteiger partial charge in [0.15, 0.2) is 5.84 Å². The van der Waals surface area contributed by atoms with Crippen molar-refractivity contribution < 1.29 is 4.74 Å². The molecule has 1 aromatic carbocycles. The molecule has 0 spiro atoms. The molecule has 1 saturated heterocycles. The summed E-state index contributed by atoms with van der Waals surface area (Å²) in [4.78, 5) is 14.2. The van der Waals surface area contributed by atoms with E-state index in [9.17, 15) is 0 Å². The molecule has 0 atom stereocenters. The first-order chi connectivity index (χ1) is 15.1. The lowest BCUT2D eigenvalue weighted by Gasteiger charge is -2.32. The predicted molar refractivity (Wildman–Crippen MR) is 128 cm³/mol. The van der Waals surface area contributed by atoms with Gasteiger partial charge in [0.1, 0.15) is 11.5 Å². The van der Waals surface area contributed by atoms with Gasteiger partial charge in [0.25, 0.3) is 0 Å². The van der Waals surface area contributed by atoms with E-state index in [4.69, 9.17) is 15.5 Å². The van der Waals surface area contributed by atoms with Crippen molar-refractivity contribution in [2.75, 3.05) is 32.1 Å². The number of aromatic nitrogens is 1. The van der Waals surface area contributed by atoms with Crippen molar-refractivity contribution in [2.45, 2.75) is 32.2 Å². The summed E-state index contributed by atoms with van der Waals surface area (Å²) in [5.74, 6) is 1.63. The number of ether oxygens (including phenoxy) is 1. The summed E-state index contributed by atoms with van der Waals surface area (Å²) in [6, 6.07) is 10.9. The number of nitrogens with zero attached hydrogens (tertiary/aromatic N) is 4. The van der Waals surface area contributed by atoms with Crippen LogP contribution in [0.2, 0.25) is 0 Å². The van der Waals surface area contributed by atoms with Gasteiger partial charge in [-0.3, -0.25) is 4.99 Å². The molecule has 162 valence electrons. The number of pyridine rings is 1. The second-order valence-corrected chi connectivity index (χ2v) is 7.89. The van der Waals surface area contributed by atoms with Gasteiger partial charge in [-0.15, -0.1) is 0 Å². The highest BCUT2D eigenvalue weighted by molar-refractivity contribution is 6.02. The third kappa shape index (κ3) is 4.35. The summed E-state index contributed by atoms with van der Waals surface area (Å²) in [7, 11) is 3.50. The zero-order chi connectivity index (χ0) is 21.8. The fourth-order valence-electron chi connectivity index (χ4n) is 4.18. The maximum Gasteiger partial charge on any atom is 0.158 e. The topological polar surface area (TPSA) is 67.0 Å². The van der Waals surface area contributed by atoms with Crippen LogP contribution in [0.5, 0.6) is 0 Å². The van der Waals surface area contributed by atoms with E-state index in [1.807, 2.05) is 31.5 Å². The second-order valence-electron chi connectivity index (χ2n) is 7.89. The molecule has 0 unspecified atom stereocenters. The van der Waals surface area contributed by atoms with Gasteiger partial charge in [-0.2, -0.15) is 0 Å². The molecule has 2 aliphatic heterocycles. The number of piperidine rings is 1. The number of nitrogens with two attached hydrogens (primary N) is 1. The van der Waals surface area contributed by atoms with Crippen LogP contribution in [-0.2, 0) is 4.74 Å². The Morgan fingerprint density at radius 1 is 1.26 bits per heavy atom. The lowest BCUT2D eigenvalue weighted by atomic mass is 10.0. The molecule has 3 heterocycles. The number of hydrogen-bond acceptors (Lipinski definition) is 5. The normalized spacial score (nSPS) is 19.3. The number of rotatable bonds is 4. The number of hydrogen-bond donors (Lipinski definition) is 1. The third-order valence-electron chi connectivity index (χ3n) is 5.85. The summed E-state index contributed by atoms with van der Waals surface area (Å²) in [5, 5.41) is 1.13. The summed E-state index contributed by atoms with van der Waals surface area (Å²) in [6.45, 7) is 4.05. The zero-order valence-corrected chi connectivity index (χ0v) is 18.6. The van der Waals surface area contributed by atoms with E-state index in [-0.39, 0.29) is 0 Å². The van der Waals surface area contributed by atoms with Crippen molar-refractivity contribution >= 4 is 22.4 Å². The van der Waals surface area contributed by atoms with Gasteiger partial charge in [0.2, 0.25) is 0 Å². The fraction of sp³-hybridized carbons (Fsp3) is 0.360. The maximum absolute atomic E-state index is 6.12. The Morgan fingerprint density at radius 2 is 2.06 bits per heavy atom. The first-order valence-corrected chi connectivity index (χ1v) is 10.9. The first-order valence-electron chi connectivity index (χ1n) is 10.9. The highest BCUT2D eigenvalue weighted by atomic mass is 16.5. The molecular formula is C25H31N5O. The number of aliphatic imine (C=N–C) groups is 1. The molecule has 2 N–H and O–H groups in total. The van der Waals surface area contributed by atoms with Gasteiger partial charge < -0.3 is 20.3 Å². The fourth-order valence-corrected chi connectivity index (χ4v) is 4.18. The highest BCUT2D eigenvalue weighted by Crippen LogP contribution is 2.29. The molecule has 2 aliphatic rings. The van der Waals surface area contributed by atoms with Crippen LogP contribution in [0.15, 0.2) is 71.2 Å². The van der Waals surface area contributed by atoms with Gasteiger partial charge in [0.05, 0.1) is 18.3 Å². The molecule has 6 nitrogen and oxygen atoms in total. The number of fused-ring (bicyclic) bond motifs is 1. The molecule has 0 aliphatic carbocycles. The minimum atomic E-state index is 0.299. The molecule has 0 amide bonds. The van der Waals surface area contributed by atoms with Crippen LogP contribution in [0.25, 0.3) is 10.9 Å². The molecule has 1 aromatic heterocycles. The number of benzene rings is 1. The largest absolute Gasteiger partial charge is 0.497 e. The number of methoxy groups -OCH3 is 1. The molecule has 6 heteroatoms. The van der Waals surface area contributed by atoms with Crippen molar-refractivity contribution in [3.63, 3.8) is 0 Å². The Kier molecular flexibility index (Phi) is 6.37. The van der Waals surface area contributed by atoms with E-state index in [1.54, 1.807) is 7.11 Å². The number of anilines is 1.